The number of aryl methyl sites for hydroxylation is 1. The average molecular weight is 233 g/mol. The Morgan fingerprint density at radius 1 is 1.35 bits per heavy atom. The molecule has 2 fully saturated rings. The number of aromatic nitrogens is 2. The van der Waals surface area contributed by atoms with Crippen molar-refractivity contribution in [3.63, 3.8) is 0 Å². The summed E-state index contributed by atoms with van der Waals surface area (Å²) in [5, 5.41) is 9.37. The van der Waals surface area contributed by atoms with Crippen LogP contribution in [0.25, 0.3) is 0 Å². The predicted molar refractivity (Wildman–Crippen MR) is 66.2 cm³/mol. The molecule has 17 heavy (non-hydrogen) atoms. The molecule has 0 aromatic carbocycles. The molecule has 1 atom stereocenters. The van der Waals surface area contributed by atoms with Crippen LogP contribution in [0.2, 0.25) is 0 Å². The van der Waals surface area contributed by atoms with Crippen LogP contribution in [0.15, 0.2) is 6.07 Å². The summed E-state index contributed by atoms with van der Waals surface area (Å²) in [7, 11) is 0. The monoisotopic (exact) mass is 233 g/mol. The summed E-state index contributed by atoms with van der Waals surface area (Å²) in [6, 6.07) is 2.29. The predicted octanol–water partition coefficient (Wildman–Crippen LogP) is 1.62. The van der Waals surface area contributed by atoms with Gasteiger partial charge < -0.3 is 10.0 Å². The van der Waals surface area contributed by atoms with Crippen LogP contribution < -0.4 is 4.90 Å². The molecule has 1 saturated carbocycles. The van der Waals surface area contributed by atoms with Crippen LogP contribution in [0.5, 0.6) is 0 Å². The van der Waals surface area contributed by atoms with Gasteiger partial charge >= 0.3 is 0 Å². The molecule has 2 aliphatic rings. The standard InChI is InChI=1S/C13H19N3O/c1-9-7-12(15-13(14-9)10-4-5-10)16-6-2-3-11(16)8-17/h7,10-11,17H,2-6,8H2,1H3/t11-/m0/s1. The van der Waals surface area contributed by atoms with Gasteiger partial charge in [-0.2, -0.15) is 0 Å². The van der Waals surface area contributed by atoms with Crippen molar-refractivity contribution in [1.82, 2.24) is 9.97 Å². The summed E-state index contributed by atoms with van der Waals surface area (Å²) < 4.78 is 0. The first kappa shape index (κ1) is 11.0. The Morgan fingerprint density at radius 3 is 2.88 bits per heavy atom. The van der Waals surface area contributed by atoms with Crippen LogP contribution in [0.3, 0.4) is 0 Å². The normalized spacial score (nSPS) is 24.4. The molecule has 1 aromatic rings. The Morgan fingerprint density at radius 2 is 2.18 bits per heavy atom. The van der Waals surface area contributed by atoms with Crippen LogP contribution in [-0.2, 0) is 0 Å². The smallest absolute Gasteiger partial charge is 0.134 e. The van der Waals surface area contributed by atoms with Crippen LogP contribution in [0.1, 0.15) is 43.1 Å². The topological polar surface area (TPSA) is 49.2 Å². The van der Waals surface area contributed by atoms with Gasteiger partial charge in [-0.25, -0.2) is 9.97 Å². The number of aliphatic hydroxyl groups is 1. The van der Waals surface area contributed by atoms with Crippen molar-refractivity contribution in [2.24, 2.45) is 0 Å². The third kappa shape index (κ3) is 2.14. The van der Waals surface area contributed by atoms with Crippen molar-refractivity contribution < 1.29 is 5.11 Å². The lowest BCUT2D eigenvalue weighted by Crippen LogP contribution is -2.33. The zero-order chi connectivity index (χ0) is 11.8. The molecule has 1 N–H and O–H groups in total. The van der Waals surface area contributed by atoms with Gasteiger partial charge in [0.25, 0.3) is 0 Å². The van der Waals surface area contributed by atoms with Crippen LogP contribution >= 0.6 is 0 Å². The minimum atomic E-state index is 0.224. The maximum absolute atomic E-state index is 9.37. The fourth-order valence-electron chi connectivity index (χ4n) is 2.57. The summed E-state index contributed by atoms with van der Waals surface area (Å²) >= 11 is 0. The van der Waals surface area contributed by atoms with Gasteiger partial charge in [0.15, 0.2) is 0 Å². The molecule has 0 amide bonds. The van der Waals surface area contributed by atoms with Crippen molar-refractivity contribution in [2.75, 3.05) is 18.1 Å². The molecule has 4 nitrogen and oxygen atoms in total. The average Bonchev–Trinajstić information content (AvgIpc) is 3.06. The molecular formula is C13H19N3O. The highest BCUT2D eigenvalue weighted by Gasteiger charge is 2.29. The van der Waals surface area contributed by atoms with E-state index in [9.17, 15) is 5.11 Å². The molecule has 0 radical (unpaired) electrons. The Balaban J connectivity index is 1.90. The van der Waals surface area contributed by atoms with Crippen LogP contribution in [0.4, 0.5) is 5.82 Å². The number of hydrogen-bond acceptors (Lipinski definition) is 4. The van der Waals surface area contributed by atoms with Gasteiger partial charge in [-0.15, -0.1) is 0 Å². The van der Waals surface area contributed by atoms with Gasteiger partial charge in [0.2, 0.25) is 0 Å². The first-order valence-corrected chi connectivity index (χ1v) is 6.51. The molecule has 0 unspecified atom stereocenters. The van der Waals surface area contributed by atoms with E-state index < -0.39 is 0 Å². The molecule has 1 aliphatic carbocycles. The van der Waals surface area contributed by atoms with E-state index in [-0.39, 0.29) is 12.6 Å². The van der Waals surface area contributed by atoms with Crippen molar-refractivity contribution in [1.29, 1.82) is 0 Å². The fraction of sp³-hybridized carbons (Fsp3) is 0.692. The molecule has 1 aliphatic heterocycles. The third-order valence-corrected chi connectivity index (χ3v) is 3.68. The second-order valence-electron chi connectivity index (χ2n) is 5.17. The lowest BCUT2D eigenvalue weighted by molar-refractivity contribution is 0.266. The van der Waals surface area contributed by atoms with Crippen LogP contribution in [0, 0.1) is 6.92 Å². The van der Waals surface area contributed by atoms with E-state index in [1.165, 1.54) is 12.8 Å². The third-order valence-electron chi connectivity index (χ3n) is 3.68. The number of rotatable bonds is 3. The number of nitrogens with zero attached hydrogens (tertiary/aromatic N) is 3. The number of hydrogen-bond donors (Lipinski definition) is 1. The zero-order valence-corrected chi connectivity index (χ0v) is 10.3. The molecule has 4 heteroatoms. The quantitative estimate of drug-likeness (QED) is 0.862. The SMILES string of the molecule is Cc1cc(N2CCC[C@H]2CO)nc(C2CC2)n1. The Kier molecular flexibility index (Phi) is 2.74. The molecule has 3 rings (SSSR count). The largest absolute Gasteiger partial charge is 0.394 e. The summed E-state index contributed by atoms with van der Waals surface area (Å²) in [5.41, 5.74) is 1.04. The van der Waals surface area contributed by atoms with Crippen molar-refractivity contribution in [3.8, 4) is 0 Å². The molecule has 0 bridgehead atoms. The summed E-state index contributed by atoms with van der Waals surface area (Å²) in [6.07, 6.45) is 4.67. The molecule has 1 aromatic heterocycles. The minimum absolute atomic E-state index is 0.224. The van der Waals surface area contributed by atoms with Crippen molar-refractivity contribution in [3.05, 3.63) is 17.6 Å². The van der Waals surface area contributed by atoms with E-state index in [2.05, 4.69) is 14.9 Å². The second-order valence-corrected chi connectivity index (χ2v) is 5.17. The molecule has 2 heterocycles. The minimum Gasteiger partial charge on any atom is -0.394 e. The van der Waals surface area contributed by atoms with E-state index >= 15 is 0 Å². The number of anilines is 1. The first-order chi connectivity index (χ1) is 8.28. The van der Waals surface area contributed by atoms with E-state index in [1.54, 1.807) is 0 Å². The first-order valence-electron chi connectivity index (χ1n) is 6.51. The maximum atomic E-state index is 9.37. The van der Waals surface area contributed by atoms with Crippen LogP contribution in [-0.4, -0.2) is 34.3 Å². The van der Waals surface area contributed by atoms with E-state index in [0.717, 1.165) is 36.7 Å². The molecule has 1 saturated heterocycles. The zero-order valence-electron chi connectivity index (χ0n) is 10.3. The highest BCUT2D eigenvalue weighted by molar-refractivity contribution is 5.43. The van der Waals surface area contributed by atoms with Gasteiger partial charge in [-0.1, -0.05) is 0 Å². The number of aliphatic hydroxyl groups excluding tert-OH is 1. The van der Waals surface area contributed by atoms with E-state index in [1.807, 2.05) is 13.0 Å². The summed E-state index contributed by atoms with van der Waals surface area (Å²) in [4.78, 5) is 11.4. The van der Waals surface area contributed by atoms with Gasteiger partial charge in [-0.3, -0.25) is 0 Å². The molecule has 92 valence electrons. The van der Waals surface area contributed by atoms with Gasteiger partial charge in [-0.05, 0) is 32.6 Å². The Bertz CT molecular complexity index is 417. The van der Waals surface area contributed by atoms with Gasteiger partial charge in [0, 0.05) is 24.2 Å². The lowest BCUT2D eigenvalue weighted by atomic mass is 10.2. The van der Waals surface area contributed by atoms with Crippen molar-refractivity contribution >= 4 is 5.82 Å². The summed E-state index contributed by atoms with van der Waals surface area (Å²) in [5.74, 6) is 2.60. The Labute approximate surface area is 102 Å². The van der Waals surface area contributed by atoms with E-state index in [4.69, 9.17) is 0 Å². The summed E-state index contributed by atoms with van der Waals surface area (Å²) in [6.45, 7) is 3.26. The molecule has 0 spiro atoms. The van der Waals surface area contributed by atoms with Gasteiger partial charge in [0.05, 0.1) is 12.6 Å². The highest BCUT2D eigenvalue weighted by Crippen LogP contribution is 2.39. The Hall–Kier alpha value is -1.16. The molecular weight excluding hydrogens is 214 g/mol. The highest BCUT2D eigenvalue weighted by atomic mass is 16.3. The maximum Gasteiger partial charge on any atom is 0.134 e. The lowest BCUT2D eigenvalue weighted by Gasteiger charge is -2.24. The van der Waals surface area contributed by atoms with E-state index in [0.29, 0.717) is 5.92 Å². The van der Waals surface area contributed by atoms with Gasteiger partial charge in [0.1, 0.15) is 11.6 Å². The fourth-order valence-corrected chi connectivity index (χ4v) is 2.57. The van der Waals surface area contributed by atoms with Crippen molar-refractivity contribution in [2.45, 2.75) is 44.6 Å². The second kappa shape index (κ2) is 4.26.